The summed E-state index contributed by atoms with van der Waals surface area (Å²) in [6, 6.07) is 28.8. The number of nitrogens with one attached hydrogen (secondary N) is 2. The monoisotopic (exact) mass is 540 g/mol. The number of amidine groups is 1. The quantitative estimate of drug-likeness (QED) is 0.227. The van der Waals surface area contributed by atoms with E-state index in [-0.39, 0.29) is 23.1 Å². The lowest BCUT2D eigenvalue weighted by Gasteiger charge is -2.34. The van der Waals surface area contributed by atoms with E-state index in [1.807, 2.05) is 48.5 Å². The zero-order valence-corrected chi connectivity index (χ0v) is 22.4. The number of likely N-dealkylation sites (tertiary alicyclic amines) is 1. The molecule has 1 atom stereocenters. The summed E-state index contributed by atoms with van der Waals surface area (Å²) >= 11 is 0. The van der Waals surface area contributed by atoms with Crippen LogP contribution in [-0.2, 0) is 21.2 Å². The molecule has 1 fully saturated rings. The predicted octanol–water partition coefficient (Wildman–Crippen LogP) is 4.42. The summed E-state index contributed by atoms with van der Waals surface area (Å²) in [7, 11) is -4.00. The van der Waals surface area contributed by atoms with Gasteiger partial charge in [-0.15, -0.1) is 0 Å². The average Bonchev–Trinajstić information content (AvgIpc) is 2.97. The zero-order chi connectivity index (χ0) is 27.4. The Kier molecular flexibility index (Phi) is 7.77. The highest BCUT2D eigenvalue weighted by molar-refractivity contribution is 7.89. The molecule has 0 radical (unpaired) electrons. The lowest BCUT2D eigenvalue weighted by Crippen LogP contribution is -2.51. The van der Waals surface area contributed by atoms with Crippen molar-refractivity contribution in [3.8, 4) is 0 Å². The van der Waals surface area contributed by atoms with E-state index in [9.17, 15) is 13.2 Å². The molecule has 1 heterocycles. The summed E-state index contributed by atoms with van der Waals surface area (Å²) in [5, 5.41) is 9.51. The Balaban J connectivity index is 1.39. The summed E-state index contributed by atoms with van der Waals surface area (Å²) < 4.78 is 29.8. The van der Waals surface area contributed by atoms with Crippen LogP contribution < -0.4 is 10.5 Å². The number of hydrogen-bond acceptors (Lipinski definition) is 4. The van der Waals surface area contributed by atoms with Crippen LogP contribution in [0, 0.1) is 5.41 Å². The number of piperidine rings is 1. The Hall–Kier alpha value is -4.01. The number of nitrogens with zero attached hydrogens (tertiary/aromatic N) is 1. The standard InChI is InChI=1S/C31H32N4O3S/c32-30(33)27-12-6-7-22(19-27)20-29(31(36)35-17-15-25(16-18-35)23-8-2-1-3-9-23)34-39(37,38)28-14-13-24-10-4-5-11-26(24)21-28/h1-14,19,21,25,29,34H,15-18,20H2,(H3,32,33)/t29-/m0/s1. The van der Waals surface area contributed by atoms with Crippen molar-refractivity contribution in [2.24, 2.45) is 5.73 Å². The summed E-state index contributed by atoms with van der Waals surface area (Å²) in [6.07, 6.45) is 1.78. The summed E-state index contributed by atoms with van der Waals surface area (Å²) in [5.41, 5.74) is 8.19. The highest BCUT2D eigenvalue weighted by Crippen LogP contribution is 2.28. The minimum Gasteiger partial charge on any atom is -0.384 e. The molecule has 7 nitrogen and oxygen atoms in total. The molecule has 1 aliphatic heterocycles. The molecule has 0 aliphatic carbocycles. The number of carbonyl (C=O) groups is 1. The topological polar surface area (TPSA) is 116 Å². The van der Waals surface area contributed by atoms with Crippen LogP contribution in [0.4, 0.5) is 0 Å². The van der Waals surface area contributed by atoms with Crippen LogP contribution in [0.5, 0.6) is 0 Å². The van der Waals surface area contributed by atoms with Crippen molar-refractivity contribution in [3.05, 3.63) is 114 Å². The first-order chi connectivity index (χ1) is 18.8. The molecule has 0 unspecified atom stereocenters. The number of benzene rings is 4. The van der Waals surface area contributed by atoms with Crippen molar-refractivity contribution in [2.75, 3.05) is 13.1 Å². The van der Waals surface area contributed by atoms with Gasteiger partial charge < -0.3 is 10.6 Å². The number of carbonyl (C=O) groups excluding carboxylic acids is 1. The third-order valence-corrected chi connectivity index (χ3v) is 8.85. The Labute approximate surface area is 229 Å². The number of nitrogens with two attached hydrogens (primary N) is 1. The normalized spacial score (nSPS) is 15.2. The van der Waals surface area contributed by atoms with E-state index in [1.54, 1.807) is 41.3 Å². The average molecular weight is 541 g/mol. The van der Waals surface area contributed by atoms with Crippen LogP contribution in [0.15, 0.2) is 102 Å². The molecule has 4 N–H and O–H groups in total. The van der Waals surface area contributed by atoms with E-state index in [1.165, 1.54) is 5.56 Å². The first kappa shape index (κ1) is 26.6. The molecule has 5 rings (SSSR count). The number of fused-ring (bicyclic) bond motifs is 1. The smallest absolute Gasteiger partial charge is 0.241 e. The Bertz CT molecular complexity index is 1600. The molecule has 1 amide bonds. The van der Waals surface area contributed by atoms with Crippen LogP contribution in [0.1, 0.15) is 35.4 Å². The van der Waals surface area contributed by atoms with Gasteiger partial charge in [0, 0.05) is 18.7 Å². The van der Waals surface area contributed by atoms with Crippen molar-refractivity contribution < 1.29 is 13.2 Å². The fourth-order valence-corrected chi connectivity index (χ4v) is 6.47. The number of nitrogen functional groups attached to an aromatic ring is 1. The lowest BCUT2D eigenvalue weighted by atomic mass is 9.89. The molecule has 0 spiro atoms. The van der Waals surface area contributed by atoms with E-state index >= 15 is 0 Å². The minimum absolute atomic E-state index is 0.0838. The zero-order valence-electron chi connectivity index (χ0n) is 21.6. The van der Waals surface area contributed by atoms with Gasteiger partial charge in [-0.2, -0.15) is 4.72 Å². The molecular formula is C31H32N4O3S. The summed E-state index contributed by atoms with van der Waals surface area (Å²) in [4.78, 5) is 15.7. The van der Waals surface area contributed by atoms with Gasteiger partial charge in [-0.3, -0.25) is 10.2 Å². The highest BCUT2D eigenvalue weighted by Gasteiger charge is 2.32. The second-order valence-corrected chi connectivity index (χ2v) is 11.7. The second kappa shape index (κ2) is 11.4. The molecule has 0 aromatic heterocycles. The van der Waals surface area contributed by atoms with Gasteiger partial charge in [0.15, 0.2) is 0 Å². The maximum absolute atomic E-state index is 13.8. The number of rotatable bonds is 8. The molecule has 8 heteroatoms. The van der Waals surface area contributed by atoms with Gasteiger partial charge in [0.2, 0.25) is 15.9 Å². The van der Waals surface area contributed by atoms with Crippen LogP contribution in [0.3, 0.4) is 0 Å². The SMILES string of the molecule is N=C(N)c1cccc(C[C@H](NS(=O)(=O)c2ccc3ccccc3c2)C(=O)N2CCC(c3ccccc3)CC2)c1. The molecule has 4 aromatic carbocycles. The number of sulfonamides is 1. The molecule has 39 heavy (non-hydrogen) atoms. The van der Waals surface area contributed by atoms with Crippen LogP contribution in [0.2, 0.25) is 0 Å². The largest absolute Gasteiger partial charge is 0.384 e. The van der Waals surface area contributed by atoms with E-state index in [0.29, 0.717) is 24.6 Å². The molecule has 1 saturated heterocycles. The van der Waals surface area contributed by atoms with Crippen LogP contribution >= 0.6 is 0 Å². The maximum Gasteiger partial charge on any atom is 0.241 e. The molecular weight excluding hydrogens is 508 g/mol. The number of amides is 1. The first-order valence-corrected chi connectivity index (χ1v) is 14.6. The van der Waals surface area contributed by atoms with E-state index in [2.05, 4.69) is 16.9 Å². The number of hydrogen-bond donors (Lipinski definition) is 3. The maximum atomic E-state index is 13.8. The van der Waals surface area contributed by atoms with Crippen molar-refractivity contribution in [2.45, 2.75) is 36.1 Å². The summed E-state index contributed by atoms with van der Waals surface area (Å²) in [6.45, 7) is 1.11. The lowest BCUT2D eigenvalue weighted by molar-refractivity contribution is -0.134. The van der Waals surface area contributed by atoms with Crippen molar-refractivity contribution in [1.82, 2.24) is 9.62 Å². The van der Waals surface area contributed by atoms with E-state index in [4.69, 9.17) is 11.1 Å². The third kappa shape index (κ3) is 6.19. The van der Waals surface area contributed by atoms with Gasteiger partial charge in [-0.25, -0.2) is 8.42 Å². The van der Waals surface area contributed by atoms with E-state index in [0.717, 1.165) is 29.2 Å². The van der Waals surface area contributed by atoms with Gasteiger partial charge in [0.05, 0.1) is 4.90 Å². The van der Waals surface area contributed by atoms with Gasteiger partial charge in [0.25, 0.3) is 0 Å². The van der Waals surface area contributed by atoms with Gasteiger partial charge in [0.1, 0.15) is 11.9 Å². The molecule has 0 saturated carbocycles. The van der Waals surface area contributed by atoms with Gasteiger partial charge in [-0.1, -0.05) is 78.9 Å². The molecule has 1 aliphatic rings. The molecule has 4 aromatic rings. The molecule has 0 bridgehead atoms. The van der Waals surface area contributed by atoms with Gasteiger partial charge >= 0.3 is 0 Å². The fourth-order valence-electron chi connectivity index (χ4n) is 5.25. The second-order valence-electron chi connectivity index (χ2n) is 10.0. The summed E-state index contributed by atoms with van der Waals surface area (Å²) in [5.74, 6) is 0.0359. The fraction of sp³-hybridized carbons (Fsp3) is 0.226. The van der Waals surface area contributed by atoms with Crippen LogP contribution in [-0.4, -0.2) is 44.2 Å². The highest BCUT2D eigenvalue weighted by atomic mass is 32.2. The van der Waals surface area contributed by atoms with Crippen molar-refractivity contribution >= 4 is 32.5 Å². The van der Waals surface area contributed by atoms with Crippen molar-refractivity contribution in [3.63, 3.8) is 0 Å². The first-order valence-electron chi connectivity index (χ1n) is 13.1. The Morgan fingerprint density at radius 2 is 1.59 bits per heavy atom. The van der Waals surface area contributed by atoms with Crippen molar-refractivity contribution in [1.29, 1.82) is 5.41 Å². The minimum atomic E-state index is -4.00. The van der Waals surface area contributed by atoms with Crippen LogP contribution in [0.25, 0.3) is 10.8 Å². The Morgan fingerprint density at radius 3 is 2.31 bits per heavy atom. The molecule has 200 valence electrons. The van der Waals surface area contributed by atoms with E-state index < -0.39 is 16.1 Å². The van der Waals surface area contributed by atoms with Gasteiger partial charge in [-0.05, 0) is 65.3 Å². The third-order valence-electron chi connectivity index (χ3n) is 7.38. The Morgan fingerprint density at radius 1 is 0.897 bits per heavy atom. The predicted molar refractivity (Wildman–Crippen MR) is 154 cm³/mol.